The number of benzene rings is 3. The van der Waals surface area contributed by atoms with E-state index in [4.69, 9.17) is 16.6 Å². The molecule has 150 valence electrons. The molecule has 4 nitrogen and oxygen atoms in total. The van der Waals surface area contributed by atoms with Crippen LogP contribution in [0.3, 0.4) is 0 Å². The molecular formula is C25H22ClN3O. The summed E-state index contributed by atoms with van der Waals surface area (Å²) in [6.45, 7) is 0. The molecule has 0 saturated carbocycles. The number of aromatic nitrogens is 1. The number of carbonyl (C=O) groups excluding carboxylic acids is 1. The Kier molecular flexibility index (Phi) is 5.68. The number of hydrogen-bond donors (Lipinski definition) is 1. The van der Waals surface area contributed by atoms with Crippen LogP contribution >= 0.6 is 11.6 Å². The number of halogens is 1. The zero-order valence-corrected chi connectivity index (χ0v) is 17.6. The predicted octanol–water partition coefficient (Wildman–Crippen LogP) is 5.96. The van der Waals surface area contributed by atoms with Gasteiger partial charge in [0.05, 0.1) is 11.2 Å². The number of nitrogens with one attached hydrogen (secondary N) is 1. The highest BCUT2D eigenvalue weighted by Crippen LogP contribution is 2.26. The first kappa shape index (κ1) is 19.9. The first-order valence-electron chi connectivity index (χ1n) is 9.68. The molecule has 4 rings (SSSR count). The van der Waals surface area contributed by atoms with Crippen molar-refractivity contribution in [2.24, 2.45) is 0 Å². The van der Waals surface area contributed by atoms with Gasteiger partial charge in [-0.05, 0) is 54.1 Å². The van der Waals surface area contributed by atoms with Gasteiger partial charge in [0, 0.05) is 47.9 Å². The average Bonchev–Trinajstić information content (AvgIpc) is 2.78. The molecule has 3 aromatic carbocycles. The molecule has 1 amide bonds. The highest BCUT2D eigenvalue weighted by atomic mass is 35.5. The Hall–Kier alpha value is -3.37. The third-order valence-corrected chi connectivity index (χ3v) is 5.28. The molecule has 0 aliphatic heterocycles. The van der Waals surface area contributed by atoms with Gasteiger partial charge >= 0.3 is 0 Å². The molecule has 0 aliphatic carbocycles. The van der Waals surface area contributed by atoms with Crippen LogP contribution in [0.15, 0.2) is 78.9 Å². The molecule has 0 saturated heterocycles. The van der Waals surface area contributed by atoms with E-state index < -0.39 is 0 Å². The molecule has 1 N–H and O–H groups in total. The minimum atomic E-state index is -0.157. The number of hydrogen-bond acceptors (Lipinski definition) is 3. The largest absolute Gasteiger partial charge is 0.378 e. The maximum absolute atomic E-state index is 12.6. The normalized spacial score (nSPS) is 10.8. The van der Waals surface area contributed by atoms with Crippen molar-refractivity contribution in [3.8, 4) is 11.3 Å². The van der Waals surface area contributed by atoms with Crippen molar-refractivity contribution >= 4 is 39.8 Å². The smallest absolute Gasteiger partial charge is 0.255 e. The standard InChI is InChI=1S/C25H22ClN3O/c1-29(2)22-11-13-24-20(15-22)10-12-23(28-24)19-4-3-5-21(14-19)27-25(30)18-8-6-17(16-26)7-9-18/h3-15H,16H2,1-2H3,(H,27,30). The van der Waals surface area contributed by atoms with Crippen molar-refractivity contribution in [2.75, 3.05) is 24.3 Å². The van der Waals surface area contributed by atoms with Crippen LogP contribution in [0.1, 0.15) is 15.9 Å². The van der Waals surface area contributed by atoms with Gasteiger partial charge in [-0.1, -0.05) is 30.3 Å². The van der Waals surface area contributed by atoms with Crippen LogP contribution in [0, 0.1) is 0 Å². The van der Waals surface area contributed by atoms with Gasteiger partial charge in [-0.2, -0.15) is 0 Å². The first-order chi connectivity index (χ1) is 14.5. The molecule has 1 heterocycles. The number of carbonyl (C=O) groups is 1. The molecule has 5 heteroatoms. The fraction of sp³-hybridized carbons (Fsp3) is 0.120. The number of amides is 1. The van der Waals surface area contributed by atoms with E-state index in [1.165, 1.54) is 0 Å². The lowest BCUT2D eigenvalue weighted by atomic mass is 10.1. The number of alkyl halides is 1. The summed E-state index contributed by atoms with van der Waals surface area (Å²) in [5.74, 6) is 0.273. The second-order valence-electron chi connectivity index (χ2n) is 7.33. The zero-order valence-electron chi connectivity index (χ0n) is 16.9. The quantitative estimate of drug-likeness (QED) is 0.409. The van der Waals surface area contributed by atoms with Crippen LogP contribution in [0.25, 0.3) is 22.2 Å². The molecule has 0 unspecified atom stereocenters. The van der Waals surface area contributed by atoms with Crippen molar-refractivity contribution < 1.29 is 4.79 Å². The number of pyridine rings is 1. The number of rotatable bonds is 5. The monoisotopic (exact) mass is 415 g/mol. The highest BCUT2D eigenvalue weighted by Gasteiger charge is 2.08. The topological polar surface area (TPSA) is 45.2 Å². The molecule has 0 atom stereocenters. The summed E-state index contributed by atoms with van der Waals surface area (Å²) >= 11 is 5.81. The Bertz CT molecular complexity index is 1200. The fourth-order valence-electron chi connectivity index (χ4n) is 3.26. The Morgan fingerprint density at radius 2 is 1.77 bits per heavy atom. The Morgan fingerprint density at radius 1 is 0.967 bits per heavy atom. The Balaban J connectivity index is 1.58. The minimum Gasteiger partial charge on any atom is -0.378 e. The summed E-state index contributed by atoms with van der Waals surface area (Å²) in [4.78, 5) is 19.4. The van der Waals surface area contributed by atoms with Crippen LogP contribution in [0.4, 0.5) is 11.4 Å². The summed E-state index contributed by atoms with van der Waals surface area (Å²) in [6, 6.07) is 25.3. The van der Waals surface area contributed by atoms with Gasteiger partial charge in [0.1, 0.15) is 0 Å². The summed E-state index contributed by atoms with van der Waals surface area (Å²) in [6.07, 6.45) is 0. The van der Waals surface area contributed by atoms with Gasteiger partial charge in [0.2, 0.25) is 0 Å². The Labute approximate surface area is 181 Å². The number of anilines is 2. The average molecular weight is 416 g/mol. The van der Waals surface area contributed by atoms with E-state index in [9.17, 15) is 4.79 Å². The van der Waals surface area contributed by atoms with E-state index in [2.05, 4.69) is 28.4 Å². The third-order valence-electron chi connectivity index (χ3n) is 4.98. The predicted molar refractivity (Wildman–Crippen MR) is 125 cm³/mol. The lowest BCUT2D eigenvalue weighted by Crippen LogP contribution is -2.11. The van der Waals surface area contributed by atoms with E-state index in [0.717, 1.165) is 39.1 Å². The zero-order chi connectivity index (χ0) is 21.1. The van der Waals surface area contributed by atoms with Crippen molar-refractivity contribution in [3.63, 3.8) is 0 Å². The molecule has 1 aromatic heterocycles. The van der Waals surface area contributed by atoms with Gasteiger partial charge in [-0.3, -0.25) is 4.79 Å². The molecular weight excluding hydrogens is 394 g/mol. The fourth-order valence-corrected chi connectivity index (χ4v) is 3.43. The van der Waals surface area contributed by atoms with Crippen molar-refractivity contribution in [2.45, 2.75) is 5.88 Å². The van der Waals surface area contributed by atoms with E-state index in [1.807, 2.05) is 62.6 Å². The van der Waals surface area contributed by atoms with Gasteiger partial charge in [0.25, 0.3) is 5.91 Å². The molecule has 0 spiro atoms. The summed E-state index contributed by atoms with van der Waals surface area (Å²) in [5, 5.41) is 4.05. The van der Waals surface area contributed by atoms with E-state index in [1.54, 1.807) is 12.1 Å². The number of fused-ring (bicyclic) bond motifs is 1. The van der Waals surface area contributed by atoms with Crippen molar-refractivity contribution in [1.82, 2.24) is 4.98 Å². The second-order valence-corrected chi connectivity index (χ2v) is 7.60. The van der Waals surface area contributed by atoms with Crippen LogP contribution < -0.4 is 10.2 Å². The Morgan fingerprint density at radius 3 is 2.50 bits per heavy atom. The third kappa shape index (κ3) is 4.29. The lowest BCUT2D eigenvalue weighted by Gasteiger charge is -2.13. The molecule has 0 aliphatic rings. The summed E-state index contributed by atoms with van der Waals surface area (Å²) in [5.41, 5.74) is 6.19. The van der Waals surface area contributed by atoms with Crippen molar-refractivity contribution in [1.29, 1.82) is 0 Å². The highest BCUT2D eigenvalue weighted by molar-refractivity contribution is 6.17. The first-order valence-corrected chi connectivity index (χ1v) is 10.2. The van der Waals surface area contributed by atoms with E-state index in [-0.39, 0.29) is 5.91 Å². The van der Waals surface area contributed by atoms with Crippen LogP contribution in [-0.4, -0.2) is 25.0 Å². The molecule has 30 heavy (non-hydrogen) atoms. The maximum Gasteiger partial charge on any atom is 0.255 e. The lowest BCUT2D eigenvalue weighted by molar-refractivity contribution is 0.102. The second kappa shape index (κ2) is 8.56. The molecule has 0 bridgehead atoms. The number of nitrogens with zero attached hydrogens (tertiary/aromatic N) is 2. The molecule has 4 aromatic rings. The van der Waals surface area contributed by atoms with Gasteiger partial charge in [0.15, 0.2) is 0 Å². The van der Waals surface area contributed by atoms with Gasteiger partial charge < -0.3 is 10.2 Å². The van der Waals surface area contributed by atoms with Crippen LogP contribution in [0.2, 0.25) is 0 Å². The molecule has 0 fully saturated rings. The molecule has 0 radical (unpaired) electrons. The summed E-state index contributed by atoms with van der Waals surface area (Å²) < 4.78 is 0. The van der Waals surface area contributed by atoms with Crippen molar-refractivity contribution in [3.05, 3.63) is 90.0 Å². The summed E-state index contributed by atoms with van der Waals surface area (Å²) in [7, 11) is 4.05. The van der Waals surface area contributed by atoms with Gasteiger partial charge in [-0.15, -0.1) is 11.6 Å². The van der Waals surface area contributed by atoms with E-state index in [0.29, 0.717) is 11.4 Å². The SMILES string of the molecule is CN(C)c1ccc2nc(-c3cccc(NC(=O)c4ccc(CCl)cc4)c3)ccc2c1. The van der Waals surface area contributed by atoms with Crippen LogP contribution in [-0.2, 0) is 5.88 Å². The minimum absolute atomic E-state index is 0.157. The maximum atomic E-state index is 12.6. The van der Waals surface area contributed by atoms with Crippen LogP contribution in [0.5, 0.6) is 0 Å². The van der Waals surface area contributed by atoms with E-state index >= 15 is 0 Å². The van der Waals surface area contributed by atoms with Gasteiger partial charge in [-0.25, -0.2) is 4.98 Å².